The number of rotatable bonds is 5. The Kier molecular flexibility index (Phi) is 7.26. The molecular weight excluding hydrogens is 739 g/mol. The summed E-state index contributed by atoms with van der Waals surface area (Å²) in [4.78, 5) is 2.42. The third-order valence-corrected chi connectivity index (χ3v) is 13.3. The molecule has 1 heterocycles. The van der Waals surface area contributed by atoms with Crippen LogP contribution in [0.1, 0.15) is 22.3 Å². The Morgan fingerprint density at radius 3 is 1.44 bits per heavy atom. The lowest BCUT2D eigenvalue weighted by Crippen LogP contribution is -2.26. The smallest absolute Gasteiger partial charge is 0.143 e. The lowest BCUT2D eigenvalue weighted by atomic mass is 9.70. The third-order valence-electron chi connectivity index (χ3n) is 13.3. The lowest BCUT2D eigenvalue weighted by Gasteiger charge is -2.32. The molecule has 0 radical (unpaired) electrons. The van der Waals surface area contributed by atoms with Crippen molar-refractivity contribution >= 4 is 49.8 Å². The SMILES string of the molecule is c1ccc2c(c1)-c1ccccc1C21c2ccccc2-c2ccc(N(c3ccc(-c4cccc5ccccc45)cc3)c3ccc(-c4cccc5c4oc4ccccc45)cc3)cc21. The van der Waals surface area contributed by atoms with Crippen molar-refractivity contribution in [2.24, 2.45) is 0 Å². The van der Waals surface area contributed by atoms with Gasteiger partial charge in [0.05, 0.1) is 5.41 Å². The number of anilines is 3. The first-order chi connectivity index (χ1) is 30.3. The number of furan rings is 1. The van der Waals surface area contributed by atoms with Gasteiger partial charge in [-0.05, 0) is 114 Å². The lowest BCUT2D eigenvalue weighted by molar-refractivity contribution is 0.670. The second kappa shape index (κ2) is 13.0. The fourth-order valence-electron chi connectivity index (χ4n) is 10.7. The van der Waals surface area contributed by atoms with Crippen LogP contribution in [0.4, 0.5) is 17.1 Å². The summed E-state index contributed by atoms with van der Waals surface area (Å²) >= 11 is 0. The predicted molar refractivity (Wildman–Crippen MR) is 253 cm³/mol. The molecule has 0 saturated carbocycles. The maximum absolute atomic E-state index is 6.48. The second-order valence-electron chi connectivity index (χ2n) is 16.4. The number of hydrogen-bond donors (Lipinski definition) is 0. The number of fused-ring (bicyclic) bond motifs is 14. The Bertz CT molecular complexity index is 3470. The molecule has 1 aromatic heterocycles. The molecule has 2 nitrogen and oxygen atoms in total. The van der Waals surface area contributed by atoms with E-state index in [1.54, 1.807) is 0 Å². The molecule has 0 unspecified atom stereocenters. The minimum Gasteiger partial charge on any atom is -0.455 e. The summed E-state index contributed by atoms with van der Waals surface area (Å²) in [5.41, 5.74) is 19.8. The van der Waals surface area contributed by atoms with Gasteiger partial charge in [-0.25, -0.2) is 0 Å². The van der Waals surface area contributed by atoms with Gasteiger partial charge in [0.15, 0.2) is 0 Å². The van der Waals surface area contributed by atoms with Crippen LogP contribution in [0.25, 0.3) is 77.2 Å². The molecule has 10 aromatic carbocycles. The topological polar surface area (TPSA) is 16.4 Å². The van der Waals surface area contributed by atoms with Crippen molar-refractivity contribution in [2.45, 2.75) is 5.41 Å². The molecule has 2 aliphatic rings. The highest BCUT2D eigenvalue weighted by atomic mass is 16.3. The van der Waals surface area contributed by atoms with Crippen LogP contribution in [-0.2, 0) is 5.41 Å². The van der Waals surface area contributed by atoms with Crippen molar-refractivity contribution in [3.63, 3.8) is 0 Å². The molecule has 284 valence electrons. The molecule has 0 amide bonds. The predicted octanol–water partition coefficient (Wildman–Crippen LogP) is 15.9. The van der Waals surface area contributed by atoms with Gasteiger partial charge in [-0.3, -0.25) is 0 Å². The summed E-state index contributed by atoms with van der Waals surface area (Å²) in [6, 6.07) is 82.3. The van der Waals surface area contributed by atoms with Crippen LogP contribution >= 0.6 is 0 Å². The number of para-hydroxylation sites is 2. The van der Waals surface area contributed by atoms with Gasteiger partial charge >= 0.3 is 0 Å². The van der Waals surface area contributed by atoms with Crippen molar-refractivity contribution in [1.82, 2.24) is 0 Å². The minimum atomic E-state index is -0.436. The molecule has 0 saturated heterocycles. The fourth-order valence-corrected chi connectivity index (χ4v) is 10.7. The molecule has 11 aromatic rings. The molecule has 2 heteroatoms. The molecule has 2 aliphatic carbocycles. The van der Waals surface area contributed by atoms with E-state index in [9.17, 15) is 0 Å². The minimum absolute atomic E-state index is 0.436. The molecule has 61 heavy (non-hydrogen) atoms. The van der Waals surface area contributed by atoms with Gasteiger partial charge in [-0.1, -0.05) is 182 Å². The van der Waals surface area contributed by atoms with Crippen LogP contribution in [-0.4, -0.2) is 0 Å². The van der Waals surface area contributed by atoms with Crippen LogP contribution in [0.2, 0.25) is 0 Å². The summed E-state index contributed by atoms with van der Waals surface area (Å²) in [5, 5.41) is 4.77. The normalized spacial score (nSPS) is 13.0. The van der Waals surface area contributed by atoms with Crippen molar-refractivity contribution in [3.8, 4) is 44.5 Å². The van der Waals surface area contributed by atoms with Crippen molar-refractivity contribution in [2.75, 3.05) is 4.90 Å². The molecular formula is C59H37NO. The fraction of sp³-hybridized carbons (Fsp3) is 0.0169. The van der Waals surface area contributed by atoms with Crippen LogP contribution in [0.3, 0.4) is 0 Å². The summed E-state index contributed by atoms with van der Waals surface area (Å²) < 4.78 is 6.48. The number of nitrogens with zero attached hydrogens (tertiary/aromatic N) is 1. The van der Waals surface area contributed by atoms with Crippen LogP contribution in [0.5, 0.6) is 0 Å². The molecule has 0 fully saturated rings. The summed E-state index contributed by atoms with van der Waals surface area (Å²) in [6.45, 7) is 0. The summed E-state index contributed by atoms with van der Waals surface area (Å²) in [6.07, 6.45) is 0. The number of benzene rings is 10. The highest BCUT2D eigenvalue weighted by Gasteiger charge is 2.51. The Hall–Kier alpha value is -7.94. The molecule has 0 N–H and O–H groups in total. The van der Waals surface area contributed by atoms with E-state index in [1.807, 2.05) is 12.1 Å². The van der Waals surface area contributed by atoms with E-state index in [-0.39, 0.29) is 0 Å². The van der Waals surface area contributed by atoms with Gasteiger partial charge in [-0.2, -0.15) is 0 Å². The van der Waals surface area contributed by atoms with Gasteiger partial charge in [0.25, 0.3) is 0 Å². The Balaban J connectivity index is 1.00. The first-order valence-corrected chi connectivity index (χ1v) is 21.1. The zero-order chi connectivity index (χ0) is 40.1. The van der Waals surface area contributed by atoms with Gasteiger partial charge in [0.2, 0.25) is 0 Å². The monoisotopic (exact) mass is 775 g/mol. The quantitative estimate of drug-likeness (QED) is 0.173. The van der Waals surface area contributed by atoms with Crippen LogP contribution in [0, 0.1) is 0 Å². The molecule has 1 spiro atoms. The Morgan fingerprint density at radius 1 is 0.311 bits per heavy atom. The standard InChI is InChI=1S/C59H37NO/c1-2-15-44-38(13-1)14-11-20-45(44)39-27-31-41(32-28-39)60(42-33-29-40(30-34-42)46-21-12-22-52-51-19-6-10-26-57(51)61-58(46)52)43-35-36-50-49-18-5-9-25-55(49)59(56(50)37-43)53-23-7-3-16-47(53)48-17-4-8-24-54(48)59/h1-37H. The van der Waals surface area contributed by atoms with Crippen LogP contribution < -0.4 is 4.90 Å². The Morgan fingerprint density at radius 2 is 0.770 bits per heavy atom. The average molecular weight is 776 g/mol. The third kappa shape index (κ3) is 4.85. The van der Waals surface area contributed by atoms with Gasteiger partial charge in [0, 0.05) is 33.4 Å². The Labute approximate surface area is 354 Å². The van der Waals surface area contributed by atoms with Gasteiger partial charge in [0.1, 0.15) is 11.2 Å². The first kappa shape index (κ1) is 34.0. The van der Waals surface area contributed by atoms with Crippen LogP contribution in [0.15, 0.2) is 229 Å². The first-order valence-electron chi connectivity index (χ1n) is 21.1. The van der Waals surface area contributed by atoms with E-state index >= 15 is 0 Å². The number of hydrogen-bond acceptors (Lipinski definition) is 2. The molecule has 0 atom stereocenters. The summed E-state index contributed by atoms with van der Waals surface area (Å²) in [5.74, 6) is 0. The van der Waals surface area contributed by atoms with Gasteiger partial charge in [-0.15, -0.1) is 0 Å². The van der Waals surface area contributed by atoms with Crippen molar-refractivity contribution < 1.29 is 4.42 Å². The second-order valence-corrected chi connectivity index (χ2v) is 16.4. The molecule has 0 aliphatic heterocycles. The highest BCUT2D eigenvalue weighted by Crippen LogP contribution is 2.63. The largest absolute Gasteiger partial charge is 0.455 e. The maximum Gasteiger partial charge on any atom is 0.143 e. The van der Waals surface area contributed by atoms with Crippen molar-refractivity contribution in [1.29, 1.82) is 0 Å². The van der Waals surface area contributed by atoms with E-state index in [0.717, 1.165) is 50.1 Å². The maximum atomic E-state index is 6.48. The molecule has 0 bridgehead atoms. The van der Waals surface area contributed by atoms with Gasteiger partial charge < -0.3 is 9.32 Å². The van der Waals surface area contributed by atoms with E-state index in [0.29, 0.717) is 0 Å². The van der Waals surface area contributed by atoms with E-state index in [2.05, 4.69) is 217 Å². The molecule has 13 rings (SSSR count). The van der Waals surface area contributed by atoms with E-state index < -0.39 is 5.41 Å². The highest BCUT2D eigenvalue weighted by molar-refractivity contribution is 6.09. The van der Waals surface area contributed by atoms with E-state index in [4.69, 9.17) is 4.42 Å². The zero-order valence-corrected chi connectivity index (χ0v) is 33.2. The zero-order valence-electron chi connectivity index (χ0n) is 33.2. The van der Waals surface area contributed by atoms with Crippen molar-refractivity contribution in [3.05, 3.63) is 247 Å². The summed E-state index contributed by atoms with van der Waals surface area (Å²) in [7, 11) is 0. The van der Waals surface area contributed by atoms with E-state index in [1.165, 1.54) is 66.4 Å². The average Bonchev–Trinajstić information content (AvgIpc) is 3.96.